The van der Waals surface area contributed by atoms with Crippen molar-refractivity contribution < 1.29 is 14.3 Å². The van der Waals surface area contributed by atoms with Crippen molar-refractivity contribution in [1.29, 1.82) is 0 Å². The number of esters is 1. The highest BCUT2D eigenvalue weighted by molar-refractivity contribution is 8.00. The fourth-order valence-corrected chi connectivity index (χ4v) is 3.55. The fraction of sp³-hybridized carbons (Fsp3) is 0.273. The molecule has 7 heteroatoms. The van der Waals surface area contributed by atoms with Crippen LogP contribution in [0.2, 0.25) is 0 Å². The maximum absolute atomic E-state index is 12.3. The monoisotopic (exact) mass is 409 g/mol. The van der Waals surface area contributed by atoms with Crippen molar-refractivity contribution in [2.24, 2.45) is 0 Å². The zero-order valence-electron chi connectivity index (χ0n) is 16.5. The quantitative estimate of drug-likeness (QED) is 0.253. The topological polar surface area (TPSA) is 81.2 Å². The average Bonchev–Trinajstić information content (AvgIpc) is 2.72. The van der Waals surface area contributed by atoms with Gasteiger partial charge in [-0.15, -0.1) is 0 Å². The van der Waals surface area contributed by atoms with Gasteiger partial charge in [-0.3, -0.25) is 4.79 Å². The predicted octanol–water partition coefficient (Wildman–Crippen LogP) is 4.63. The third-order valence-electron chi connectivity index (χ3n) is 4.16. The van der Waals surface area contributed by atoms with Crippen molar-refractivity contribution in [2.45, 2.75) is 31.7 Å². The van der Waals surface area contributed by atoms with Crippen molar-refractivity contribution in [3.8, 4) is 0 Å². The van der Waals surface area contributed by atoms with E-state index in [1.54, 1.807) is 24.3 Å². The third-order valence-corrected chi connectivity index (χ3v) is 5.15. The van der Waals surface area contributed by atoms with Crippen LogP contribution in [-0.2, 0) is 9.53 Å². The van der Waals surface area contributed by atoms with Gasteiger partial charge in [0.25, 0.3) is 0 Å². The lowest BCUT2D eigenvalue weighted by Crippen LogP contribution is -2.14. The van der Waals surface area contributed by atoms with Crippen LogP contribution in [0.1, 0.15) is 35.9 Å². The van der Waals surface area contributed by atoms with Crippen LogP contribution >= 0.6 is 11.8 Å². The van der Waals surface area contributed by atoms with E-state index in [9.17, 15) is 9.59 Å². The third kappa shape index (κ3) is 5.77. The van der Waals surface area contributed by atoms with E-state index >= 15 is 0 Å². The molecule has 1 heterocycles. The van der Waals surface area contributed by atoms with E-state index in [4.69, 9.17) is 4.74 Å². The normalized spacial score (nSPS) is 10.7. The van der Waals surface area contributed by atoms with Gasteiger partial charge in [0.2, 0.25) is 5.91 Å². The molecular weight excluding hydrogens is 386 g/mol. The Morgan fingerprint density at radius 3 is 2.59 bits per heavy atom. The Morgan fingerprint density at radius 1 is 1.07 bits per heavy atom. The molecule has 0 saturated heterocycles. The summed E-state index contributed by atoms with van der Waals surface area (Å²) < 4.78 is 5.18. The SMILES string of the molecule is CCCCOC(=O)c1ccc(NC(=O)CSc2nc(C)nc3ccccc23)cc1. The Bertz CT molecular complexity index is 1010. The molecule has 1 amide bonds. The molecule has 0 aliphatic carbocycles. The number of hydrogen-bond donors (Lipinski definition) is 1. The molecule has 1 aromatic heterocycles. The van der Waals surface area contributed by atoms with Crippen molar-refractivity contribution >= 4 is 40.2 Å². The van der Waals surface area contributed by atoms with Gasteiger partial charge in [-0.05, 0) is 43.7 Å². The molecule has 3 aromatic rings. The lowest BCUT2D eigenvalue weighted by atomic mass is 10.2. The molecule has 0 fully saturated rings. The number of hydrogen-bond acceptors (Lipinski definition) is 6. The summed E-state index contributed by atoms with van der Waals surface area (Å²) in [5.41, 5.74) is 1.96. The van der Waals surface area contributed by atoms with E-state index in [1.165, 1.54) is 11.8 Å². The van der Waals surface area contributed by atoms with Gasteiger partial charge in [0.1, 0.15) is 10.9 Å². The summed E-state index contributed by atoms with van der Waals surface area (Å²) in [4.78, 5) is 33.1. The second-order valence-electron chi connectivity index (χ2n) is 6.50. The highest BCUT2D eigenvalue weighted by Crippen LogP contribution is 2.25. The van der Waals surface area contributed by atoms with Crippen LogP contribution in [0.25, 0.3) is 10.9 Å². The van der Waals surface area contributed by atoms with E-state index in [-0.39, 0.29) is 17.6 Å². The zero-order valence-corrected chi connectivity index (χ0v) is 17.3. The Hall–Kier alpha value is -2.93. The van der Waals surface area contributed by atoms with Gasteiger partial charge in [0, 0.05) is 11.1 Å². The summed E-state index contributed by atoms with van der Waals surface area (Å²) in [5.74, 6) is 0.404. The molecule has 0 unspecified atom stereocenters. The summed E-state index contributed by atoms with van der Waals surface area (Å²) in [5, 5.41) is 4.56. The maximum atomic E-state index is 12.3. The van der Waals surface area contributed by atoms with Crippen LogP contribution in [0.3, 0.4) is 0 Å². The van der Waals surface area contributed by atoms with Crippen molar-refractivity contribution in [3.05, 3.63) is 59.9 Å². The molecule has 0 atom stereocenters. The van der Waals surface area contributed by atoms with Gasteiger partial charge in [-0.1, -0.05) is 43.3 Å². The van der Waals surface area contributed by atoms with E-state index < -0.39 is 0 Å². The molecule has 0 saturated carbocycles. The summed E-state index contributed by atoms with van der Waals surface area (Å²) in [6.07, 6.45) is 1.82. The number of thioether (sulfide) groups is 1. The van der Waals surface area contributed by atoms with Gasteiger partial charge in [0.15, 0.2) is 0 Å². The number of carbonyl (C=O) groups is 2. The largest absolute Gasteiger partial charge is 0.462 e. The minimum Gasteiger partial charge on any atom is -0.462 e. The van der Waals surface area contributed by atoms with Crippen molar-refractivity contribution in [3.63, 3.8) is 0 Å². The average molecular weight is 410 g/mol. The van der Waals surface area contributed by atoms with Crippen LogP contribution in [-0.4, -0.2) is 34.2 Å². The number of benzene rings is 2. The van der Waals surface area contributed by atoms with Gasteiger partial charge < -0.3 is 10.1 Å². The highest BCUT2D eigenvalue weighted by atomic mass is 32.2. The maximum Gasteiger partial charge on any atom is 0.338 e. The van der Waals surface area contributed by atoms with Gasteiger partial charge in [0.05, 0.1) is 23.4 Å². The summed E-state index contributed by atoms with van der Waals surface area (Å²) in [6, 6.07) is 14.4. The first kappa shape index (κ1) is 20.8. The molecule has 29 heavy (non-hydrogen) atoms. The highest BCUT2D eigenvalue weighted by Gasteiger charge is 2.11. The number of rotatable bonds is 8. The molecule has 0 bridgehead atoms. The summed E-state index contributed by atoms with van der Waals surface area (Å²) >= 11 is 1.37. The van der Waals surface area contributed by atoms with Gasteiger partial charge in [-0.25, -0.2) is 14.8 Å². The first-order chi connectivity index (χ1) is 14.1. The summed E-state index contributed by atoms with van der Waals surface area (Å²) in [7, 11) is 0. The Balaban J connectivity index is 1.57. The first-order valence-electron chi connectivity index (χ1n) is 9.50. The fourth-order valence-electron chi connectivity index (χ4n) is 2.68. The number of ether oxygens (including phenoxy) is 1. The lowest BCUT2D eigenvalue weighted by Gasteiger charge is -2.08. The Morgan fingerprint density at radius 2 is 1.83 bits per heavy atom. The molecule has 2 aromatic carbocycles. The number of amides is 1. The van der Waals surface area contributed by atoms with Crippen LogP contribution in [0.4, 0.5) is 5.69 Å². The van der Waals surface area contributed by atoms with Gasteiger partial charge in [-0.2, -0.15) is 0 Å². The second-order valence-corrected chi connectivity index (χ2v) is 7.46. The van der Waals surface area contributed by atoms with Crippen molar-refractivity contribution in [2.75, 3.05) is 17.7 Å². The molecule has 0 aliphatic rings. The molecule has 3 rings (SSSR count). The van der Waals surface area contributed by atoms with E-state index in [2.05, 4.69) is 15.3 Å². The minimum absolute atomic E-state index is 0.145. The molecule has 0 spiro atoms. The number of nitrogens with one attached hydrogen (secondary N) is 1. The number of carbonyl (C=O) groups excluding carboxylic acids is 2. The predicted molar refractivity (Wildman–Crippen MR) is 115 cm³/mol. The van der Waals surface area contributed by atoms with E-state index in [1.807, 2.05) is 38.1 Å². The molecular formula is C22H23N3O3S. The standard InChI is InChI=1S/C22H23N3O3S/c1-3-4-13-28-22(27)16-9-11-17(12-10-16)25-20(26)14-29-21-18-7-5-6-8-19(18)23-15(2)24-21/h5-12H,3-4,13-14H2,1-2H3,(H,25,26). The number of nitrogens with zero attached hydrogens (tertiary/aromatic N) is 2. The zero-order chi connectivity index (χ0) is 20.6. The second kappa shape index (κ2) is 10.0. The van der Waals surface area contributed by atoms with Crippen LogP contribution < -0.4 is 5.32 Å². The molecule has 0 radical (unpaired) electrons. The van der Waals surface area contributed by atoms with Crippen LogP contribution in [0.15, 0.2) is 53.6 Å². The molecule has 0 aliphatic heterocycles. The van der Waals surface area contributed by atoms with E-state index in [0.717, 1.165) is 28.8 Å². The minimum atomic E-state index is -0.349. The molecule has 6 nitrogen and oxygen atoms in total. The lowest BCUT2D eigenvalue weighted by molar-refractivity contribution is -0.113. The molecule has 1 N–H and O–H groups in total. The van der Waals surface area contributed by atoms with E-state index in [0.29, 0.717) is 23.7 Å². The van der Waals surface area contributed by atoms with Gasteiger partial charge >= 0.3 is 5.97 Å². The van der Waals surface area contributed by atoms with Crippen LogP contribution in [0, 0.1) is 6.92 Å². The first-order valence-corrected chi connectivity index (χ1v) is 10.5. The van der Waals surface area contributed by atoms with Crippen LogP contribution in [0.5, 0.6) is 0 Å². The molecule has 150 valence electrons. The Kier molecular flexibility index (Phi) is 7.19. The smallest absolute Gasteiger partial charge is 0.338 e. The number of aromatic nitrogens is 2. The number of aryl methyl sites for hydroxylation is 1. The number of anilines is 1. The number of fused-ring (bicyclic) bond motifs is 1. The van der Waals surface area contributed by atoms with Crippen molar-refractivity contribution in [1.82, 2.24) is 9.97 Å². The number of unbranched alkanes of at least 4 members (excludes halogenated alkanes) is 1. The summed E-state index contributed by atoms with van der Waals surface area (Å²) in [6.45, 7) is 4.30. The Labute approximate surface area is 174 Å². The number of para-hydroxylation sites is 1.